The van der Waals surface area contributed by atoms with Crippen LogP contribution in [0, 0.1) is 6.92 Å². The van der Waals surface area contributed by atoms with Crippen LogP contribution in [0.4, 0.5) is 0 Å². The molecule has 4 heteroatoms. The number of carbonyl (C=O) groups excluding carboxylic acids is 1. The topological polar surface area (TPSA) is 26.3 Å². The van der Waals surface area contributed by atoms with Gasteiger partial charge >= 0.3 is 0 Å². The fourth-order valence-corrected chi connectivity index (χ4v) is 2.38. The summed E-state index contributed by atoms with van der Waals surface area (Å²) in [7, 11) is 0. The van der Waals surface area contributed by atoms with E-state index in [4.69, 9.17) is 4.74 Å². The van der Waals surface area contributed by atoms with E-state index >= 15 is 0 Å². The summed E-state index contributed by atoms with van der Waals surface area (Å²) in [5, 5.41) is 0. The van der Waals surface area contributed by atoms with Crippen molar-refractivity contribution in [2.45, 2.75) is 35.1 Å². The molecule has 1 aromatic rings. The first-order valence-corrected chi connectivity index (χ1v) is 7.05. The first kappa shape index (κ1) is 22.7. The molecule has 0 aliphatic carbocycles. The molecule has 0 aromatic heterocycles. The predicted molar refractivity (Wildman–Crippen MR) is 85.2 cm³/mol. The van der Waals surface area contributed by atoms with Gasteiger partial charge in [0.05, 0.1) is 13.1 Å². The second-order valence-electron chi connectivity index (χ2n) is 5.22. The number of hydrogen-bond donors (Lipinski definition) is 0. The van der Waals surface area contributed by atoms with E-state index in [9.17, 15) is 4.79 Å². The normalized spacial score (nSPS) is 10.3. The van der Waals surface area contributed by atoms with Crippen LogP contribution in [0.2, 0.25) is 0 Å². The van der Waals surface area contributed by atoms with Gasteiger partial charge in [-0.2, -0.15) is 0 Å². The van der Waals surface area contributed by atoms with Gasteiger partial charge in [-0.3, -0.25) is 4.79 Å². The highest BCUT2D eigenvalue weighted by molar-refractivity contribution is 5.76. The number of Topliss-reactive ketones (excluding diaryl/α,β-unsaturated/α-hetero) is 1. The maximum Gasteiger partial charge on any atom is 0.183 e. The van der Waals surface area contributed by atoms with Crippen molar-refractivity contribution < 1.29 is 38.0 Å². The zero-order chi connectivity index (χ0) is 14.3. The van der Waals surface area contributed by atoms with Gasteiger partial charge < -0.3 is 33.2 Å². The number of benzene rings is 1. The molecule has 0 aliphatic heterocycles. The number of nitrogens with zero attached hydrogens (tertiary/aromatic N) is 1. The fraction of sp³-hybridized carbons (Fsp3) is 0.588. The molecular weight excluding hydrogens is 377 g/mol. The third kappa shape index (κ3) is 7.81. The Morgan fingerprint density at radius 2 is 1.86 bits per heavy atom. The van der Waals surface area contributed by atoms with Crippen molar-refractivity contribution in [3.63, 3.8) is 0 Å². The van der Waals surface area contributed by atoms with Crippen LogP contribution in [-0.2, 0) is 4.79 Å². The van der Waals surface area contributed by atoms with Gasteiger partial charge in [0.2, 0.25) is 0 Å². The molecule has 0 bridgehead atoms. The molecule has 1 aromatic carbocycles. The van der Waals surface area contributed by atoms with Crippen molar-refractivity contribution in [3.05, 3.63) is 29.8 Å². The number of ether oxygens (including phenoxy) is 1. The third-order valence-corrected chi connectivity index (χ3v) is 3.72. The van der Waals surface area contributed by atoms with E-state index in [2.05, 4.69) is 26.8 Å². The Hall–Kier alpha value is -0.620. The number of rotatable bonds is 8. The summed E-state index contributed by atoms with van der Waals surface area (Å²) in [6, 6.07) is 8.07. The van der Waals surface area contributed by atoms with Crippen LogP contribution in [0.5, 0.6) is 5.75 Å². The number of likely N-dealkylation sites (N-methyl/N-ethyl adjacent to an activating group) is 1. The number of halogens is 1. The molecule has 0 radical (unpaired) electrons. The summed E-state index contributed by atoms with van der Waals surface area (Å²) in [5.41, 5.74) is 1.20. The minimum absolute atomic E-state index is 0. The first-order chi connectivity index (χ1) is 9.01. The molecule has 122 valence electrons. The Bertz CT molecular complexity index is 417. The second kappa shape index (κ2) is 11.0. The molecule has 1 rings (SSSR count). The summed E-state index contributed by atoms with van der Waals surface area (Å²) in [4.78, 5) is 11.4. The van der Waals surface area contributed by atoms with Crippen molar-refractivity contribution in [2.75, 3.05) is 32.8 Å². The average molecular weight is 407 g/mol. The van der Waals surface area contributed by atoms with Crippen LogP contribution >= 0.6 is 0 Å². The van der Waals surface area contributed by atoms with Gasteiger partial charge in [0.15, 0.2) is 5.78 Å². The highest BCUT2D eigenvalue weighted by atomic mass is 127. The van der Waals surface area contributed by atoms with Crippen LogP contribution in [0.15, 0.2) is 24.3 Å². The van der Waals surface area contributed by atoms with Crippen molar-refractivity contribution in [1.82, 2.24) is 0 Å². The minimum Gasteiger partial charge on any atom is -1.00 e. The molecule has 0 atom stereocenters. The lowest BCUT2D eigenvalue weighted by Crippen LogP contribution is -3.00. The Labute approximate surface area is 147 Å². The van der Waals surface area contributed by atoms with Gasteiger partial charge in [0, 0.05) is 6.92 Å². The minimum atomic E-state index is 0. The Balaban J connectivity index is 0. The van der Waals surface area contributed by atoms with E-state index in [-0.39, 0.29) is 37.2 Å². The zero-order valence-electron chi connectivity index (χ0n) is 13.0. The fourth-order valence-electron chi connectivity index (χ4n) is 2.38. The number of carbonyl (C=O) groups is 1. The highest BCUT2D eigenvalue weighted by Crippen LogP contribution is 2.13. The van der Waals surface area contributed by atoms with Crippen LogP contribution in [0.3, 0.4) is 0 Å². The third-order valence-electron chi connectivity index (χ3n) is 3.72. The standard InChI is InChI=1S/C16H26NO2.CH4.HI/c1-5-17(6-2,13-15(4)18)10-11-19-16-9-7-8-14(3)12-16;;/h7-9,12H,5-6,10-11,13H2,1-4H3;1H4;1H/q+1;;/p-1. The quantitative estimate of drug-likeness (QED) is 0.463. The average Bonchev–Trinajstić information content (AvgIpc) is 2.37. The highest BCUT2D eigenvalue weighted by Gasteiger charge is 2.24. The molecule has 0 fully saturated rings. The maximum atomic E-state index is 11.4. The lowest BCUT2D eigenvalue weighted by Gasteiger charge is -2.35. The van der Waals surface area contributed by atoms with Crippen molar-refractivity contribution in [1.29, 1.82) is 0 Å². The van der Waals surface area contributed by atoms with Crippen LogP contribution < -0.4 is 28.7 Å². The molecule has 0 aliphatic rings. The Morgan fingerprint density at radius 3 is 2.33 bits per heavy atom. The van der Waals surface area contributed by atoms with Gasteiger partial charge in [-0.15, -0.1) is 0 Å². The van der Waals surface area contributed by atoms with Crippen molar-refractivity contribution >= 4 is 5.78 Å². The molecule has 0 heterocycles. The molecule has 0 unspecified atom stereocenters. The lowest BCUT2D eigenvalue weighted by molar-refractivity contribution is -0.917. The largest absolute Gasteiger partial charge is 1.00 e. The number of aryl methyl sites for hydroxylation is 1. The summed E-state index contributed by atoms with van der Waals surface area (Å²) < 4.78 is 6.61. The first-order valence-electron chi connectivity index (χ1n) is 7.05. The van der Waals surface area contributed by atoms with Crippen molar-refractivity contribution in [3.8, 4) is 5.75 Å². The summed E-state index contributed by atoms with van der Waals surface area (Å²) in [5.74, 6) is 1.16. The molecule has 0 saturated carbocycles. The van der Waals surface area contributed by atoms with Gasteiger partial charge in [0.25, 0.3) is 0 Å². The molecule has 0 N–H and O–H groups in total. The van der Waals surface area contributed by atoms with Gasteiger partial charge in [-0.25, -0.2) is 0 Å². The van der Waals surface area contributed by atoms with E-state index in [0.29, 0.717) is 13.2 Å². The van der Waals surface area contributed by atoms with E-state index in [1.807, 2.05) is 18.2 Å². The Morgan fingerprint density at radius 1 is 1.24 bits per heavy atom. The second-order valence-corrected chi connectivity index (χ2v) is 5.22. The zero-order valence-corrected chi connectivity index (χ0v) is 15.1. The summed E-state index contributed by atoms with van der Waals surface area (Å²) >= 11 is 0. The van der Waals surface area contributed by atoms with Crippen LogP contribution in [0.1, 0.15) is 33.8 Å². The Kier molecular flexibility index (Phi) is 11.9. The van der Waals surface area contributed by atoms with Crippen molar-refractivity contribution in [2.24, 2.45) is 0 Å². The number of ketones is 1. The lowest BCUT2D eigenvalue weighted by atomic mass is 10.2. The van der Waals surface area contributed by atoms with E-state index in [1.165, 1.54) is 5.56 Å². The monoisotopic (exact) mass is 407 g/mol. The molecule has 0 saturated heterocycles. The summed E-state index contributed by atoms with van der Waals surface area (Å²) in [6.45, 7) is 12.1. The number of hydrogen-bond acceptors (Lipinski definition) is 2. The number of quaternary nitrogens is 1. The molecule has 0 spiro atoms. The van der Waals surface area contributed by atoms with Gasteiger partial charge in [-0.05, 0) is 38.5 Å². The molecule has 21 heavy (non-hydrogen) atoms. The van der Waals surface area contributed by atoms with Gasteiger partial charge in [0.1, 0.15) is 25.4 Å². The molecule has 3 nitrogen and oxygen atoms in total. The SMILES string of the molecule is C.CC[N+](CC)(CCOc1cccc(C)c1)CC(C)=O.[I-]. The maximum absolute atomic E-state index is 11.4. The van der Waals surface area contributed by atoms with E-state index in [1.54, 1.807) is 6.92 Å². The molecular formula is C17H30INO2. The van der Waals surface area contributed by atoms with Crippen LogP contribution in [0.25, 0.3) is 0 Å². The van der Waals surface area contributed by atoms with E-state index < -0.39 is 0 Å². The summed E-state index contributed by atoms with van der Waals surface area (Å²) in [6.07, 6.45) is 0. The predicted octanol–water partition coefficient (Wildman–Crippen LogP) is 0.460. The van der Waals surface area contributed by atoms with E-state index in [0.717, 1.165) is 29.9 Å². The van der Waals surface area contributed by atoms with Gasteiger partial charge in [-0.1, -0.05) is 19.6 Å². The smallest absolute Gasteiger partial charge is 0.183 e. The molecule has 0 amide bonds. The van der Waals surface area contributed by atoms with Crippen LogP contribution in [-0.4, -0.2) is 43.1 Å².